The summed E-state index contributed by atoms with van der Waals surface area (Å²) in [6.07, 6.45) is -2.39. The molecule has 1 aliphatic rings. The zero-order valence-corrected chi connectivity index (χ0v) is 15.3. The highest BCUT2D eigenvalue weighted by Gasteiger charge is 2.33. The van der Waals surface area contributed by atoms with Gasteiger partial charge in [0, 0.05) is 18.2 Å². The number of thioether (sulfide) groups is 1. The third-order valence-corrected chi connectivity index (χ3v) is 5.26. The van der Waals surface area contributed by atoms with Gasteiger partial charge in [0.05, 0.1) is 10.6 Å². The Bertz CT molecular complexity index is 829. The van der Waals surface area contributed by atoms with E-state index in [1.807, 2.05) is 30.9 Å². The van der Waals surface area contributed by atoms with Gasteiger partial charge >= 0.3 is 6.18 Å². The molecule has 2 aromatic rings. The van der Waals surface area contributed by atoms with Gasteiger partial charge in [0.25, 0.3) is 0 Å². The summed E-state index contributed by atoms with van der Waals surface area (Å²) in [7, 11) is 0. The van der Waals surface area contributed by atoms with Crippen molar-refractivity contribution in [3.05, 3.63) is 76.1 Å². The van der Waals surface area contributed by atoms with Crippen LogP contribution < -0.4 is 4.90 Å². The van der Waals surface area contributed by atoms with E-state index in [4.69, 9.17) is 0 Å². The third-order valence-electron chi connectivity index (χ3n) is 4.32. The van der Waals surface area contributed by atoms with Gasteiger partial charge in [-0.3, -0.25) is 0 Å². The predicted molar refractivity (Wildman–Crippen MR) is 98.7 cm³/mol. The van der Waals surface area contributed by atoms with Gasteiger partial charge in [-0.1, -0.05) is 26.0 Å². The summed E-state index contributed by atoms with van der Waals surface area (Å²) in [4.78, 5) is 1.97. The van der Waals surface area contributed by atoms with Crippen LogP contribution in [0.4, 0.5) is 23.2 Å². The van der Waals surface area contributed by atoms with Crippen LogP contribution in [0.5, 0.6) is 0 Å². The van der Waals surface area contributed by atoms with Crippen molar-refractivity contribution in [2.24, 2.45) is 0 Å². The molecule has 1 atom stereocenters. The van der Waals surface area contributed by atoms with Crippen molar-refractivity contribution in [1.29, 1.82) is 0 Å². The average molecular weight is 381 g/mol. The molecule has 3 rings (SSSR count). The monoisotopic (exact) mass is 381 g/mol. The molecule has 138 valence electrons. The van der Waals surface area contributed by atoms with Gasteiger partial charge in [-0.15, -0.1) is 11.8 Å². The van der Waals surface area contributed by atoms with Gasteiger partial charge in [0.15, 0.2) is 0 Å². The van der Waals surface area contributed by atoms with Crippen molar-refractivity contribution in [1.82, 2.24) is 0 Å². The number of rotatable bonds is 4. The fourth-order valence-electron chi connectivity index (χ4n) is 3.11. The Morgan fingerprint density at radius 2 is 1.88 bits per heavy atom. The first kappa shape index (κ1) is 18.8. The van der Waals surface area contributed by atoms with Gasteiger partial charge < -0.3 is 4.90 Å². The molecule has 26 heavy (non-hydrogen) atoms. The molecule has 0 spiro atoms. The van der Waals surface area contributed by atoms with Crippen molar-refractivity contribution in [3.63, 3.8) is 0 Å². The summed E-state index contributed by atoms with van der Waals surface area (Å²) < 4.78 is 52.8. The highest BCUT2D eigenvalue weighted by molar-refractivity contribution is 8.03. The Morgan fingerprint density at radius 1 is 1.12 bits per heavy atom. The number of hydrogen-bond acceptors (Lipinski definition) is 2. The smallest absolute Gasteiger partial charge is 0.332 e. The van der Waals surface area contributed by atoms with E-state index in [1.54, 1.807) is 17.8 Å². The summed E-state index contributed by atoms with van der Waals surface area (Å²) in [5.41, 5.74) is 1.51. The fraction of sp³-hybridized carbons (Fsp3) is 0.300. The molecule has 0 radical (unpaired) electrons. The Hall–Kier alpha value is -1.95. The lowest BCUT2D eigenvalue weighted by atomic mass is 9.93. The Kier molecular flexibility index (Phi) is 5.32. The number of anilines is 1. The molecule has 1 heterocycles. The zero-order valence-electron chi connectivity index (χ0n) is 14.5. The largest absolute Gasteiger partial charge is 0.416 e. The molecule has 0 saturated carbocycles. The molecule has 0 amide bonds. The van der Waals surface area contributed by atoms with Crippen LogP contribution in [0, 0.1) is 5.82 Å². The van der Waals surface area contributed by atoms with E-state index >= 15 is 0 Å². The molecule has 1 nitrogen and oxygen atoms in total. The van der Waals surface area contributed by atoms with E-state index in [9.17, 15) is 17.6 Å². The molecule has 0 bridgehead atoms. The Balaban J connectivity index is 2.04. The molecule has 2 aromatic carbocycles. The van der Waals surface area contributed by atoms with Gasteiger partial charge in [-0.05, 0) is 53.3 Å². The number of hydrogen-bond donors (Lipinski definition) is 0. The quantitative estimate of drug-likeness (QED) is 0.552. The third kappa shape index (κ3) is 3.90. The lowest BCUT2D eigenvalue weighted by Crippen LogP contribution is -2.26. The van der Waals surface area contributed by atoms with Crippen molar-refractivity contribution >= 4 is 17.4 Å². The van der Waals surface area contributed by atoms with Crippen LogP contribution >= 0.6 is 11.8 Å². The second-order valence-corrected chi connectivity index (χ2v) is 7.50. The molecule has 0 saturated heterocycles. The SMILES string of the molecule is CCSC1=CC(C)c2cc(C(F)(F)F)ccc2N1Cc1cccc(F)c1. The van der Waals surface area contributed by atoms with Gasteiger partial charge in [0.2, 0.25) is 0 Å². The van der Waals surface area contributed by atoms with E-state index in [0.29, 0.717) is 12.1 Å². The summed E-state index contributed by atoms with van der Waals surface area (Å²) in [6.45, 7) is 4.33. The van der Waals surface area contributed by atoms with E-state index in [0.717, 1.165) is 28.1 Å². The summed E-state index contributed by atoms with van der Waals surface area (Å²) in [5, 5.41) is 0.983. The molecule has 0 N–H and O–H groups in total. The topological polar surface area (TPSA) is 3.24 Å². The van der Waals surface area contributed by atoms with Crippen LogP contribution in [0.3, 0.4) is 0 Å². The summed E-state index contributed by atoms with van der Waals surface area (Å²) in [6, 6.07) is 10.2. The number of nitrogens with zero attached hydrogens (tertiary/aromatic N) is 1. The van der Waals surface area contributed by atoms with Crippen molar-refractivity contribution < 1.29 is 17.6 Å². The van der Waals surface area contributed by atoms with Crippen LogP contribution in [-0.2, 0) is 12.7 Å². The van der Waals surface area contributed by atoms with Crippen LogP contribution in [0.2, 0.25) is 0 Å². The van der Waals surface area contributed by atoms with Crippen LogP contribution in [-0.4, -0.2) is 5.75 Å². The van der Waals surface area contributed by atoms with E-state index in [1.165, 1.54) is 24.3 Å². The number of fused-ring (bicyclic) bond motifs is 1. The van der Waals surface area contributed by atoms with Crippen molar-refractivity contribution in [2.45, 2.75) is 32.5 Å². The first-order valence-electron chi connectivity index (χ1n) is 8.37. The van der Waals surface area contributed by atoms with Crippen molar-refractivity contribution in [2.75, 3.05) is 10.7 Å². The number of benzene rings is 2. The maximum atomic E-state index is 13.5. The van der Waals surface area contributed by atoms with Crippen molar-refractivity contribution in [3.8, 4) is 0 Å². The second-order valence-electron chi connectivity index (χ2n) is 6.21. The number of alkyl halides is 3. The average Bonchev–Trinajstić information content (AvgIpc) is 2.57. The van der Waals surface area contributed by atoms with Crippen LogP contribution in [0.15, 0.2) is 53.6 Å². The highest BCUT2D eigenvalue weighted by Crippen LogP contribution is 2.43. The molecule has 6 heteroatoms. The maximum absolute atomic E-state index is 13.5. The molecule has 0 fully saturated rings. The lowest BCUT2D eigenvalue weighted by molar-refractivity contribution is -0.137. The minimum absolute atomic E-state index is 0.120. The molecule has 0 aliphatic carbocycles. The molecular formula is C20H19F4NS. The van der Waals surface area contributed by atoms with Crippen LogP contribution in [0.1, 0.15) is 36.5 Å². The highest BCUT2D eigenvalue weighted by atomic mass is 32.2. The minimum atomic E-state index is -4.37. The Morgan fingerprint density at radius 3 is 2.54 bits per heavy atom. The van der Waals surface area contributed by atoms with E-state index in [2.05, 4.69) is 0 Å². The second kappa shape index (κ2) is 7.35. The number of halogens is 4. The van der Waals surface area contributed by atoms with Gasteiger partial charge in [0.1, 0.15) is 5.82 Å². The minimum Gasteiger partial charge on any atom is -0.332 e. The first-order valence-corrected chi connectivity index (χ1v) is 9.36. The molecule has 0 aromatic heterocycles. The predicted octanol–water partition coefficient (Wildman–Crippen LogP) is 6.56. The molecular weight excluding hydrogens is 362 g/mol. The fourth-order valence-corrected chi connectivity index (χ4v) is 4.02. The van der Waals surface area contributed by atoms with E-state index in [-0.39, 0.29) is 11.7 Å². The summed E-state index contributed by atoms with van der Waals surface area (Å²) >= 11 is 1.63. The van der Waals surface area contributed by atoms with Crippen LogP contribution in [0.25, 0.3) is 0 Å². The first-order chi connectivity index (χ1) is 12.3. The lowest BCUT2D eigenvalue weighted by Gasteiger charge is -2.35. The zero-order chi connectivity index (χ0) is 18.9. The molecule has 1 aliphatic heterocycles. The Labute approximate surface area is 154 Å². The van der Waals surface area contributed by atoms with E-state index < -0.39 is 11.7 Å². The maximum Gasteiger partial charge on any atom is 0.416 e. The molecule has 1 unspecified atom stereocenters. The standard InChI is InChI=1S/C20H19F4NS/c1-3-26-19-9-13(2)17-11-15(20(22,23)24)7-8-18(17)25(19)12-14-5-4-6-16(21)10-14/h4-11,13H,3,12H2,1-2H3. The number of allylic oxidation sites excluding steroid dienone is 1. The van der Waals surface area contributed by atoms with Gasteiger partial charge in [-0.2, -0.15) is 13.2 Å². The summed E-state index contributed by atoms with van der Waals surface area (Å²) in [5.74, 6) is 0.396. The normalized spacial score (nSPS) is 17.1. The van der Waals surface area contributed by atoms with Gasteiger partial charge in [-0.25, -0.2) is 4.39 Å².